The number of urea groups is 1. The zero-order chi connectivity index (χ0) is 27.7. The third-order valence-corrected chi connectivity index (χ3v) is 7.29. The third-order valence-electron chi connectivity index (χ3n) is 7.29. The number of benzene rings is 1. The van der Waals surface area contributed by atoms with Crippen LogP contribution in [0.5, 0.6) is 0 Å². The van der Waals surface area contributed by atoms with Gasteiger partial charge >= 0.3 is 12.1 Å². The third kappa shape index (κ3) is 9.30. The van der Waals surface area contributed by atoms with Gasteiger partial charge < -0.3 is 30.7 Å². The zero-order valence-corrected chi connectivity index (χ0v) is 21.7. The molecule has 38 heavy (non-hydrogen) atoms. The largest absolute Gasteiger partial charge is 0.465 e. The van der Waals surface area contributed by atoms with Crippen LogP contribution in [0.15, 0.2) is 18.2 Å². The molecule has 1 aliphatic heterocycles. The van der Waals surface area contributed by atoms with Crippen molar-refractivity contribution >= 4 is 12.1 Å². The maximum absolute atomic E-state index is 14.0. The second-order valence-electron chi connectivity index (χ2n) is 10.3. The van der Waals surface area contributed by atoms with Gasteiger partial charge in [-0.15, -0.1) is 0 Å². The Kier molecular flexibility index (Phi) is 11.0. The number of carbonyl (C=O) groups excluding carboxylic acids is 1. The van der Waals surface area contributed by atoms with Gasteiger partial charge in [0.1, 0.15) is 11.6 Å². The number of ether oxygens (including phenoxy) is 1. The molecule has 214 valence electrons. The van der Waals surface area contributed by atoms with E-state index in [4.69, 9.17) is 9.84 Å². The molecule has 8 nitrogen and oxygen atoms in total. The number of hydrogen-bond acceptors (Lipinski definition) is 4. The van der Waals surface area contributed by atoms with Crippen LogP contribution in [0, 0.1) is 23.5 Å². The van der Waals surface area contributed by atoms with Crippen molar-refractivity contribution in [1.29, 1.82) is 0 Å². The van der Waals surface area contributed by atoms with Gasteiger partial charge in [0, 0.05) is 57.0 Å². The number of likely N-dealkylation sites (tertiary alicyclic amines) is 1. The predicted octanol–water partition coefficient (Wildman–Crippen LogP) is 4.52. The summed E-state index contributed by atoms with van der Waals surface area (Å²) in [5, 5.41) is 17.1. The lowest BCUT2D eigenvalue weighted by Crippen LogP contribution is -2.52. The van der Waals surface area contributed by atoms with E-state index >= 15 is 0 Å². The lowest BCUT2D eigenvalue weighted by molar-refractivity contribution is -0.0473. The Bertz CT molecular complexity index is 908. The first-order chi connectivity index (χ1) is 18.1. The Labute approximate surface area is 220 Å². The number of halogens is 4. The van der Waals surface area contributed by atoms with E-state index in [1.165, 1.54) is 12.1 Å². The van der Waals surface area contributed by atoms with Crippen LogP contribution in [-0.2, 0) is 4.74 Å². The second-order valence-corrected chi connectivity index (χ2v) is 10.3. The van der Waals surface area contributed by atoms with E-state index in [-0.39, 0.29) is 62.0 Å². The van der Waals surface area contributed by atoms with Crippen molar-refractivity contribution in [2.45, 2.75) is 63.0 Å². The van der Waals surface area contributed by atoms with Crippen molar-refractivity contribution in [2.75, 3.05) is 39.8 Å². The van der Waals surface area contributed by atoms with Crippen LogP contribution in [0.3, 0.4) is 0 Å². The summed E-state index contributed by atoms with van der Waals surface area (Å²) in [7, 11) is 1.77. The average molecular weight is 547 g/mol. The van der Waals surface area contributed by atoms with E-state index in [1.807, 2.05) is 0 Å². The second kappa shape index (κ2) is 14.0. The minimum Gasteiger partial charge on any atom is -0.465 e. The highest BCUT2D eigenvalue weighted by atomic mass is 19.3. The van der Waals surface area contributed by atoms with Gasteiger partial charge in [0.2, 0.25) is 5.92 Å². The normalized spacial score (nSPS) is 21.5. The molecule has 0 aromatic heterocycles. The number of alkyl halides is 2. The molecule has 2 fully saturated rings. The molecule has 1 aromatic carbocycles. The van der Waals surface area contributed by atoms with Gasteiger partial charge in [-0.3, -0.25) is 0 Å². The summed E-state index contributed by atoms with van der Waals surface area (Å²) in [5.74, 6) is -4.27. The molecule has 3 amide bonds. The van der Waals surface area contributed by atoms with Crippen molar-refractivity contribution in [2.24, 2.45) is 11.8 Å². The summed E-state index contributed by atoms with van der Waals surface area (Å²) in [6, 6.07) is 2.63. The van der Waals surface area contributed by atoms with E-state index in [0.717, 1.165) is 6.07 Å². The molecule has 1 heterocycles. The van der Waals surface area contributed by atoms with Crippen LogP contribution in [0.4, 0.5) is 27.2 Å². The molecule has 3 rings (SSSR count). The van der Waals surface area contributed by atoms with E-state index < -0.39 is 29.8 Å². The van der Waals surface area contributed by atoms with Crippen molar-refractivity contribution in [1.82, 2.24) is 20.9 Å². The fourth-order valence-corrected chi connectivity index (χ4v) is 5.47. The Balaban J connectivity index is 1.64. The minimum atomic E-state index is -2.60. The van der Waals surface area contributed by atoms with Crippen LogP contribution >= 0.6 is 0 Å². The molecule has 1 aromatic rings. The van der Waals surface area contributed by atoms with Crippen LogP contribution < -0.4 is 16.0 Å². The van der Waals surface area contributed by atoms with Gasteiger partial charge in [-0.25, -0.2) is 27.2 Å². The molecule has 0 radical (unpaired) electrons. The Morgan fingerprint density at radius 1 is 1.16 bits per heavy atom. The Hall–Kier alpha value is -2.60. The van der Waals surface area contributed by atoms with Crippen molar-refractivity contribution in [3.63, 3.8) is 0 Å². The number of rotatable bonds is 11. The van der Waals surface area contributed by atoms with Gasteiger partial charge in [0.15, 0.2) is 0 Å². The fourth-order valence-electron chi connectivity index (χ4n) is 5.47. The van der Waals surface area contributed by atoms with E-state index in [0.29, 0.717) is 45.2 Å². The van der Waals surface area contributed by atoms with Crippen molar-refractivity contribution in [3.05, 3.63) is 35.4 Å². The summed E-state index contributed by atoms with van der Waals surface area (Å²) in [5.41, 5.74) is 0.284. The van der Waals surface area contributed by atoms with Crippen molar-refractivity contribution in [3.8, 4) is 0 Å². The number of carbonyl (C=O) groups is 2. The molecule has 12 heteroatoms. The van der Waals surface area contributed by atoms with Gasteiger partial charge in [0.25, 0.3) is 0 Å². The molecule has 3 atom stereocenters. The highest BCUT2D eigenvalue weighted by Crippen LogP contribution is 2.38. The quantitative estimate of drug-likeness (QED) is 0.242. The summed E-state index contributed by atoms with van der Waals surface area (Å²) in [6.07, 6.45) is 0.538. The smallest absolute Gasteiger partial charge is 0.404 e. The summed E-state index contributed by atoms with van der Waals surface area (Å²) in [6.45, 7) is 1.26. The zero-order valence-electron chi connectivity index (χ0n) is 21.7. The minimum absolute atomic E-state index is 0.000646. The molecule has 1 saturated carbocycles. The summed E-state index contributed by atoms with van der Waals surface area (Å²) < 4.78 is 61.0. The average Bonchev–Trinajstić information content (AvgIpc) is 2.84. The lowest BCUT2D eigenvalue weighted by Gasteiger charge is -2.38. The molecule has 2 aliphatic rings. The predicted molar refractivity (Wildman–Crippen MR) is 133 cm³/mol. The molecule has 3 unspecified atom stereocenters. The molecular formula is C26H38F4N4O4. The summed E-state index contributed by atoms with van der Waals surface area (Å²) in [4.78, 5) is 25.6. The SMILES string of the molecule is CNCC(CC1CCC(F)(F)CC1)NC(=O)N1CCCC(C(OCCNC(=O)O)c2cc(F)cc(F)c2)C1. The maximum atomic E-state index is 14.0. The van der Waals surface area contributed by atoms with Crippen LogP contribution in [0.25, 0.3) is 0 Å². The van der Waals surface area contributed by atoms with Gasteiger partial charge in [-0.2, -0.15) is 0 Å². The standard InChI is InChI=1S/C26H38F4N4O4/c1-31-15-22(11-17-4-6-26(29,30)7-5-17)33-24(35)34-9-2-3-18(16-34)23(38-10-8-32-25(36)37)19-12-20(27)14-21(28)13-19/h12-14,17-18,22-23,31-32H,2-11,15-16H2,1H3,(H,33,35)(H,36,37). The fraction of sp³-hybridized carbons (Fsp3) is 0.692. The summed E-state index contributed by atoms with van der Waals surface area (Å²) >= 11 is 0. The monoisotopic (exact) mass is 546 g/mol. The first-order valence-electron chi connectivity index (χ1n) is 13.2. The first kappa shape index (κ1) is 29.9. The van der Waals surface area contributed by atoms with Crippen LogP contribution in [0.1, 0.15) is 56.6 Å². The van der Waals surface area contributed by atoms with E-state index in [2.05, 4.69) is 16.0 Å². The molecule has 1 aliphatic carbocycles. The molecule has 4 N–H and O–H groups in total. The molecule has 1 saturated heterocycles. The van der Waals surface area contributed by atoms with Crippen molar-refractivity contribution < 1.29 is 37.0 Å². The number of nitrogens with zero attached hydrogens (tertiary/aromatic N) is 1. The van der Waals surface area contributed by atoms with Gasteiger partial charge in [0.05, 0.1) is 12.7 Å². The first-order valence-corrected chi connectivity index (χ1v) is 13.2. The number of amides is 3. The number of nitrogens with one attached hydrogen (secondary N) is 3. The van der Waals surface area contributed by atoms with E-state index in [1.54, 1.807) is 11.9 Å². The lowest BCUT2D eigenvalue weighted by atomic mass is 9.83. The van der Waals surface area contributed by atoms with Gasteiger partial charge in [-0.1, -0.05) is 0 Å². The number of carboxylic acid groups (broad SMARTS) is 1. The maximum Gasteiger partial charge on any atom is 0.404 e. The number of likely N-dealkylation sites (N-methyl/N-ethyl adjacent to an activating group) is 1. The van der Waals surface area contributed by atoms with E-state index in [9.17, 15) is 27.2 Å². The topological polar surface area (TPSA) is 103 Å². The highest BCUT2D eigenvalue weighted by Gasteiger charge is 2.36. The van der Waals surface area contributed by atoms with Gasteiger partial charge in [-0.05, 0) is 62.8 Å². The molecule has 0 spiro atoms. The molecular weight excluding hydrogens is 508 g/mol. The number of piperidine rings is 1. The van der Waals surface area contributed by atoms with Crippen LogP contribution in [0.2, 0.25) is 0 Å². The Morgan fingerprint density at radius 3 is 2.47 bits per heavy atom. The highest BCUT2D eigenvalue weighted by molar-refractivity contribution is 5.74. The van der Waals surface area contributed by atoms with Crippen LogP contribution in [-0.4, -0.2) is 73.9 Å². The Morgan fingerprint density at radius 2 is 1.84 bits per heavy atom. The molecule has 0 bridgehead atoms. The number of hydrogen-bond donors (Lipinski definition) is 4.